The number of nitrogens with one attached hydrogen (secondary N) is 2. The minimum absolute atomic E-state index is 0.305. The van der Waals surface area contributed by atoms with Crippen LogP contribution in [0.15, 0.2) is 6.20 Å². The van der Waals surface area contributed by atoms with Crippen LogP contribution in [0.1, 0.15) is 41.7 Å². The molecule has 0 aliphatic carbocycles. The predicted molar refractivity (Wildman–Crippen MR) is 59.4 cm³/mol. The summed E-state index contributed by atoms with van der Waals surface area (Å²) in [7, 11) is 0. The van der Waals surface area contributed by atoms with Gasteiger partial charge in [0.2, 0.25) is 0 Å². The van der Waals surface area contributed by atoms with E-state index in [1.54, 1.807) is 13.1 Å². The van der Waals surface area contributed by atoms with Gasteiger partial charge >= 0.3 is 5.97 Å². The second kappa shape index (κ2) is 5.12. The molecule has 0 saturated carbocycles. The molecule has 16 heavy (non-hydrogen) atoms. The SMILES string of the molecule is CCOC(=O)c1[nH]ncc1C1CCCNC1. The first-order chi connectivity index (χ1) is 7.83. The molecule has 2 heterocycles. The molecule has 2 rings (SSSR count). The highest BCUT2D eigenvalue weighted by molar-refractivity contribution is 5.89. The summed E-state index contributed by atoms with van der Waals surface area (Å²) in [5.74, 6) is 0.0625. The first kappa shape index (κ1) is 11.1. The van der Waals surface area contributed by atoms with E-state index >= 15 is 0 Å². The highest BCUT2D eigenvalue weighted by Gasteiger charge is 2.23. The second-order valence-electron chi connectivity index (χ2n) is 3.96. The maximum atomic E-state index is 11.7. The van der Waals surface area contributed by atoms with Gasteiger partial charge in [-0.25, -0.2) is 4.79 Å². The van der Waals surface area contributed by atoms with Gasteiger partial charge in [-0.15, -0.1) is 0 Å². The average Bonchev–Trinajstić information content (AvgIpc) is 2.79. The summed E-state index contributed by atoms with van der Waals surface area (Å²) in [6.07, 6.45) is 3.97. The number of H-pyrrole nitrogens is 1. The maximum absolute atomic E-state index is 11.7. The molecule has 1 saturated heterocycles. The molecule has 1 atom stereocenters. The van der Waals surface area contributed by atoms with Crippen LogP contribution in [-0.4, -0.2) is 35.9 Å². The number of hydrogen-bond acceptors (Lipinski definition) is 4. The highest BCUT2D eigenvalue weighted by Crippen LogP contribution is 2.25. The summed E-state index contributed by atoms with van der Waals surface area (Å²) in [5.41, 5.74) is 1.49. The fourth-order valence-electron chi connectivity index (χ4n) is 2.09. The molecule has 2 N–H and O–H groups in total. The van der Waals surface area contributed by atoms with Crippen molar-refractivity contribution in [3.63, 3.8) is 0 Å². The summed E-state index contributed by atoms with van der Waals surface area (Å²) in [5, 5.41) is 10.0. The molecule has 1 fully saturated rings. The number of nitrogens with zero attached hydrogens (tertiary/aromatic N) is 1. The van der Waals surface area contributed by atoms with E-state index in [2.05, 4.69) is 15.5 Å². The van der Waals surface area contributed by atoms with Crippen molar-refractivity contribution in [2.75, 3.05) is 19.7 Å². The van der Waals surface area contributed by atoms with Crippen molar-refractivity contribution in [2.45, 2.75) is 25.7 Å². The summed E-state index contributed by atoms with van der Waals surface area (Å²) in [4.78, 5) is 11.7. The van der Waals surface area contributed by atoms with Gasteiger partial charge < -0.3 is 10.1 Å². The lowest BCUT2D eigenvalue weighted by Crippen LogP contribution is -2.29. The number of rotatable bonds is 3. The first-order valence-electron chi connectivity index (χ1n) is 5.74. The lowest BCUT2D eigenvalue weighted by atomic mass is 9.92. The molecule has 0 amide bonds. The van der Waals surface area contributed by atoms with Crippen molar-refractivity contribution in [1.82, 2.24) is 15.5 Å². The van der Waals surface area contributed by atoms with Crippen LogP contribution in [0.2, 0.25) is 0 Å². The van der Waals surface area contributed by atoms with Gasteiger partial charge in [0.15, 0.2) is 0 Å². The Hall–Kier alpha value is -1.36. The molecule has 88 valence electrons. The lowest BCUT2D eigenvalue weighted by Gasteiger charge is -2.22. The minimum Gasteiger partial charge on any atom is -0.461 e. The van der Waals surface area contributed by atoms with Gasteiger partial charge in [-0.05, 0) is 26.3 Å². The standard InChI is InChI=1S/C11H17N3O2/c1-2-16-11(15)10-9(7-13-14-10)8-4-3-5-12-6-8/h7-8,12H,2-6H2,1H3,(H,13,14). The fourth-order valence-corrected chi connectivity index (χ4v) is 2.09. The van der Waals surface area contributed by atoms with Gasteiger partial charge in [-0.2, -0.15) is 5.10 Å². The number of piperidine rings is 1. The smallest absolute Gasteiger partial charge is 0.356 e. The van der Waals surface area contributed by atoms with Crippen LogP contribution < -0.4 is 5.32 Å². The van der Waals surface area contributed by atoms with Gasteiger partial charge in [-0.3, -0.25) is 5.10 Å². The van der Waals surface area contributed by atoms with E-state index in [1.165, 1.54) is 0 Å². The van der Waals surface area contributed by atoms with E-state index in [9.17, 15) is 4.79 Å². The van der Waals surface area contributed by atoms with E-state index < -0.39 is 0 Å². The van der Waals surface area contributed by atoms with E-state index in [0.29, 0.717) is 18.2 Å². The molecular formula is C11H17N3O2. The third-order valence-electron chi connectivity index (χ3n) is 2.88. The van der Waals surface area contributed by atoms with E-state index in [-0.39, 0.29) is 5.97 Å². The van der Waals surface area contributed by atoms with Crippen LogP contribution in [0.25, 0.3) is 0 Å². The molecule has 5 heteroatoms. The largest absolute Gasteiger partial charge is 0.461 e. The molecule has 5 nitrogen and oxygen atoms in total. The van der Waals surface area contributed by atoms with Crippen LogP contribution in [-0.2, 0) is 4.74 Å². The van der Waals surface area contributed by atoms with Crippen molar-refractivity contribution in [3.05, 3.63) is 17.5 Å². The van der Waals surface area contributed by atoms with Gasteiger partial charge in [-0.1, -0.05) is 0 Å². The molecule has 0 bridgehead atoms. The Morgan fingerprint density at radius 3 is 3.25 bits per heavy atom. The third kappa shape index (κ3) is 2.24. The van der Waals surface area contributed by atoms with Crippen LogP contribution in [0.4, 0.5) is 0 Å². The Morgan fingerprint density at radius 1 is 1.69 bits per heavy atom. The number of aromatic nitrogens is 2. The predicted octanol–water partition coefficient (Wildman–Crippen LogP) is 1.05. The second-order valence-corrected chi connectivity index (χ2v) is 3.96. The fraction of sp³-hybridized carbons (Fsp3) is 0.636. The molecule has 1 aromatic rings. The van der Waals surface area contributed by atoms with Crippen LogP contribution in [0.3, 0.4) is 0 Å². The maximum Gasteiger partial charge on any atom is 0.356 e. The monoisotopic (exact) mass is 223 g/mol. The number of hydrogen-bond donors (Lipinski definition) is 2. The number of ether oxygens (including phenoxy) is 1. The molecule has 0 radical (unpaired) electrons. The number of esters is 1. The normalized spacial score (nSPS) is 20.7. The van der Waals surface area contributed by atoms with E-state index in [4.69, 9.17) is 4.74 Å². The van der Waals surface area contributed by atoms with E-state index in [1.807, 2.05) is 0 Å². The molecule has 0 aromatic carbocycles. The molecular weight excluding hydrogens is 206 g/mol. The Bertz CT molecular complexity index is 356. The summed E-state index contributed by atoms with van der Waals surface area (Å²) < 4.78 is 4.99. The van der Waals surface area contributed by atoms with Crippen LogP contribution >= 0.6 is 0 Å². The van der Waals surface area contributed by atoms with Crippen molar-refractivity contribution >= 4 is 5.97 Å². The molecule has 1 unspecified atom stereocenters. The van der Waals surface area contributed by atoms with E-state index in [0.717, 1.165) is 31.5 Å². The lowest BCUT2D eigenvalue weighted by molar-refractivity contribution is 0.0517. The Kier molecular flexibility index (Phi) is 3.56. The average molecular weight is 223 g/mol. The van der Waals surface area contributed by atoms with Gasteiger partial charge in [0.1, 0.15) is 5.69 Å². The number of aromatic amines is 1. The molecule has 0 spiro atoms. The first-order valence-corrected chi connectivity index (χ1v) is 5.74. The quantitative estimate of drug-likeness (QED) is 0.752. The van der Waals surface area contributed by atoms with Crippen molar-refractivity contribution in [1.29, 1.82) is 0 Å². The molecule has 1 aliphatic rings. The van der Waals surface area contributed by atoms with Gasteiger partial charge in [0.25, 0.3) is 0 Å². The zero-order chi connectivity index (χ0) is 11.4. The summed E-state index contributed by atoms with van der Waals surface area (Å²) >= 11 is 0. The van der Waals surface area contributed by atoms with Gasteiger partial charge in [0, 0.05) is 18.0 Å². The van der Waals surface area contributed by atoms with Crippen LogP contribution in [0.5, 0.6) is 0 Å². The topological polar surface area (TPSA) is 67.0 Å². The van der Waals surface area contributed by atoms with Crippen molar-refractivity contribution in [2.24, 2.45) is 0 Å². The summed E-state index contributed by atoms with van der Waals surface area (Å²) in [6, 6.07) is 0. The van der Waals surface area contributed by atoms with Gasteiger partial charge in [0.05, 0.1) is 12.8 Å². The molecule has 1 aliphatic heterocycles. The minimum atomic E-state index is -0.305. The Labute approximate surface area is 94.6 Å². The Morgan fingerprint density at radius 2 is 2.56 bits per heavy atom. The Balaban J connectivity index is 2.14. The zero-order valence-corrected chi connectivity index (χ0v) is 9.45. The highest BCUT2D eigenvalue weighted by atomic mass is 16.5. The van der Waals surface area contributed by atoms with Crippen LogP contribution in [0, 0.1) is 0 Å². The summed E-state index contributed by atoms with van der Waals surface area (Å²) in [6.45, 7) is 4.16. The number of carbonyl (C=O) groups is 1. The zero-order valence-electron chi connectivity index (χ0n) is 9.45. The third-order valence-corrected chi connectivity index (χ3v) is 2.88. The van der Waals surface area contributed by atoms with Crippen molar-refractivity contribution < 1.29 is 9.53 Å². The van der Waals surface area contributed by atoms with Crippen molar-refractivity contribution in [3.8, 4) is 0 Å². The molecule has 1 aromatic heterocycles. The number of carbonyl (C=O) groups excluding carboxylic acids is 1.